The standard InChI is InChI=1S/C19H19FN4O2/c20-14-9-7-13(8-10-14)19(17-6-3-11-26-17)21-18(25)12-24-16-5-2-1-4-15(16)22-23-24/h1-2,4-5,7-10,17,19H,3,6,11-12H2,(H,21,25)/t17-,19-/m0/s1. The Morgan fingerprint density at radius 1 is 1.27 bits per heavy atom. The van der Waals surface area contributed by atoms with E-state index in [0.29, 0.717) is 6.61 Å². The van der Waals surface area contributed by atoms with Gasteiger partial charge in [-0.25, -0.2) is 9.07 Å². The number of nitrogens with one attached hydrogen (secondary N) is 1. The van der Waals surface area contributed by atoms with E-state index in [1.165, 1.54) is 12.1 Å². The van der Waals surface area contributed by atoms with Crippen LogP contribution in [-0.2, 0) is 16.1 Å². The minimum absolute atomic E-state index is 0.0604. The normalized spacial score (nSPS) is 18.1. The zero-order valence-electron chi connectivity index (χ0n) is 14.1. The van der Waals surface area contributed by atoms with E-state index < -0.39 is 0 Å². The summed E-state index contributed by atoms with van der Waals surface area (Å²) in [4.78, 5) is 12.6. The smallest absolute Gasteiger partial charge is 0.242 e. The van der Waals surface area contributed by atoms with Crippen molar-refractivity contribution in [3.63, 3.8) is 0 Å². The number of rotatable bonds is 5. The molecule has 0 aliphatic carbocycles. The highest BCUT2D eigenvalue weighted by Crippen LogP contribution is 2.27. The van der Waals surface area contributed by atoms with Crippen LogP contribution in [0.25, 0.3) is 11.0 Å². The van der Waals surface area contributed by atoms with Crippen molar-refractivity contribution in [2.75, 3.05) is 6.61 Å². The molecule has 134 valence electrons. The molecule has 0 unspecified atom stereocenters. The fraction of sp³-hybridized carbons (Fsp3) is 0.316. The summed E-state index contributed by atoms with van der Waals surface area (Å²) >= 11 is 0. The number of carbonyl (C=O) groups excluding carboxylic acids is 1. The first-order valence-electron chi connectivity index (χ1n) is 8.65. The van der Waals surface area contributed by atoms with Gasteiger partial charge in [0.05, 0.1) is 17.7 Å². The summed E-state index contributed by atoms with van der Waals surface area (Å²) in [6.07, 6.45) is 1.69. The molecule has 1 fully saturated rings. The lowest BCUT2D eigenvalue weighted by Gasteiger charge is -2.24. The predicted octanol–water partition coefficient (Wildman–Crippen LogP) is 2.61. The van der Waals surface area contributed by atoms with Crippen molar-refractivity contribution in [1.29, 1.82) is 0 Å². The van der Waals surface area contributed by atoms with Crippen LogP contribution >= 0.6 is 0 Å². The summed E-state index contributed by atoms with van der Waals surface area (Å²) in [5.41, 5.74) is 2.38. The Morgan fingerprint density at radius 2 is 2.08 bits per heavy atom. The van der Waals surface area contributed by atoms with E-state index in [0.717, 1.165) is 29.4 Å². The Labute approximate surface area is 150 Å². The summed E-state index contributed by atoms with van der Waals surface area (Å²) in [5.74, 6) is -0.495. The molecule has 4 rings (SSSR count). The minimum Gasteiger partial charge on any atom is -0.376 e. The van der Waals surface area contributed by atoms with Gasteiger partial charge in [0.25, 0.3) is 0 Å². The van der Waals surface area contributed by atoms with Gasteiger partial charge < -0.3 is 10.1 Å². The van der Waals surface area contributed by atoms with Gasteiger partial charge in [-0.05, 0) is 42.7 Å². The van der Waals surface area contributed by atoms with Gasteiger partial charge in [0.1, 0.15) is 17.9 Å². The second-order valence-corrected chi connectivity index (χ2v) is 6.38. The monoisotopic (exact) mass is 354 g/mol. The number of para-hydroxylation sites is 1. The maximum atomic E-state index is 13.3. The number of aromatic nitrogens is 3. The van der Waals surface area contributed by atoms with Gasteiger partial charge in [0.15, 0.2) is 0 Å². The minimum atomic E-state index is -0.319. The topological polar surface area (TPSA) is 69.0 Å². The van der Waals surface area contributed by atoms with Crippen molar-refractivity contribution in [1.82, 2.24) is 20.3 Å². The van der Waals surface area contributed by atoms with Gasteiger partial charge in [-0.3, -0.25) is 4.79 Å². The SMILES string of the molecule is O=C(Cn1nnc2ccccc21)N[C@@H](c1ccc(F)cc1)[C@@H]1CCCO1. The average molecular weight is 354 g/mol. The second-order valence-electron chi connectivity index (χ2n) is 6.38. The molecule has 1 aliphatic heterocycles. The molecule has 3 aromatic rings. The van der Waals surface area contributed by atoms with E-state index in [1.54, 1.807) is 16.8 Å². The van der Waals surface area contributed by atoms with Crippen molar-refractivity contribution < 1.29 is 13.9 Å². The molecular formula is C19H19FN4O2. The predicted molar refractivity (Wildman–Crippen MR) is 93.8 cm³/mol. The number of hydrogen-bond acceptors (Lipinski definition) is 4. The third-order valence-corrected chi connectivity index (χ3v) is 4.60. The fourth-order valence-corrected chi connectivity index (χ4v) is 3.32. The first-order chi connectivity index (χ1) is 12.7. The molecule has 1 aliphatic rings. The van der Waals surface area contributed by atoms with Crippen LogP contribution in [0.1, 0.15) is 24.4 Å². The molecule has 7 heteroatoms. The van der Waals surface area contributed by atoms with Gasteiger partial charge in [-0.2, -0.15) is 0 Å². The van der Waals surface area contributed by atoms with Crippen LogP contribution in [-0.4, -0.2) is 33.6 Å². The van der Waals surface area contributed by atoms with E-state index in [1.807, 2.05) is 24.3 Å². The molecular weight excluding hydrogens is 335 g/mol. The zero-order valence-corrected chi connectivity index (χ0v) is 14.1. The highest BCUT2D eigenvalue weighted by atomic mass is 19.1. The van der Waals surface area contributed by atoms with Crippen LogP contribution in [0.5, 0.6) is 0 Å². The van der Waals surface area contributed by atoms with Gasteiger partial charge in [0, 0.05) is 6.61 Å². The highest BCUT2D eigenvalue weighted by Gasteiger charge is 2.29. The average Bonchev–Trinajstić information content (AvgIpc) is 3.31. The van der Waals surface area contributed by atoms with Gasteiger partial charge in [-0.1, -0.05) is 29.5 Å². The molecule has 1 saturated heterocycles. The molecule has 0 spiro atoms. The van der Waals surface area contributed by atoms with Crippen molar-refractivity contribution in [2.24, 2.45) is 0 Å². The molecule has 0 bridgehead atoms. The number of nitrogens with zero attached hydrogens (tertiary/aromatic N) is 3. The van der Waals surface area contributed by atoms with E-state index in [-0.39, 0.29) is 30.4 Å². The number of ether oxygens (including phenoxy) is 1. The number of halogens is 1. The number of amides is 1. The molecule has 1 amide bonds. The Morgan fingerprint density at radius 3 is 2.85 bits per heavy atom. The zero-order chi connectivity index (χ0) is 17.9. The van der Waals surface area contributed by atoms with Crippen molar-refractivity contribution in [2.45, 2.75) is 31.5 Å². The van der Waals surface area contributed by atoms with Gasteiger partial charge in [0.2, 0.25) is 5.91 Å². The van der Waals surface area contributed by atoms with Crippen molar-refractivity contribution >= 4 is 16.9 Å². The Kier molecular flexibility index (Phi) is 4.62. The summed E-state index contributed by atoms with van der Waals surface area (Å²) in [6, 6.07) is 13.3. The second kappa shape index (κ2) is 7.21. The van der Waals surface area contributed by atoms with Crippen LogP contribution in [0.3, 0.4) is 0 Å². The number of fused-ring (bicyclic) bond motifs is 1. The molecule has 2 atom stereocenters. The van der Waals surface area contributed by atoms with Crippen molar-refractivity contribution in [3.8, 4) is 0 Å². The summed E-state index contributed by atoms with van der Waals surface area (Å²) in [5, 5.41) is 11.1. The maximum absolute atomic E-state index is 13.3. The summed E-state index contributed by atoms with van der Waals surface area (Å²) in [7, 11) is 0. The Bertz CT molecular complexity index is 903. The van der Waals surface area contributed by atoms with Crippen molar-refractivity contribution in [3.05, 3.63) is 59.9 Å². The molecule has 0 saturated carbocycles. The summed E-state index contributed by atoms with van der Waals surface area (Å²) < 4.78 is 20.6. The number of benzene rings is 2. The molecule has 1 N–H and O–H groups in total. The molecule has 2 aromatic carbocycles. The lowest BCUT2D eigenvalue weighted by Crippen LogP contribution is -2.38. The van der Waals surface area contributed by atoms with Crippen LogP contribution in [0.2, 0.25) is 0 Å². The Balaban J connectivity index is 1.53. The third-order valence-electron chi connectivity index (χ3n) is 4.60. The quantitative estimate of drug-likeness (QED) is 0.765. The highest BCUT2D eigenvalue weighted by molar-refractivity contribution is 5.80. The van der Waals surface area contributed by atoms with E-state index in [2.05, 4.69) is 15.6 Å². The lowest BCUT2D eigenvalue weighted by atomic mass is 9.99. The first kappa shape index (κ1) is 16.7. The van der Waals surface area contributed by atoms with Crippen LogP contribution in [0.4, 0.5) is 4.39 Å². The largest absolute Gasteiger partial charge is 0.376 e. The van der Waals surface area contributed by atoms with Crippen LogP contribution in [0, 0.1) is 5.82 Å². The number of carbonyl (C=O) groups is 1. The molecule has 1 aromatic heterocycles. The first-order valence-corrected chi connectivity index (χ1v) is 8.65. The lowest BCUT2D eigenvalue weighted by molar-refractivity contribution is -0.123. The molecule has 0 radical (unpaired) electrons. The van der Waals surface area contributed by atoms with Gasteiger partial charge in [-0.15, -0.1) is 5.10 Å². The number of hydrogen-bond donors (Lipinski definition) is 1. The molecule has 6 nitrogen and oxygen atoms in total. The van der Waals surface area contributed by atoms with Gasteiger partial charge >= 0.3 is 0 Å². The van der Waals surface area contributed by atoms with E-state index >= 15 is 0 Å². The molecule has 26 heavy (non-hydrogen) atoms. The molecule has 2 heterocycles. The third kappa shape index (κ3) is 3.43. The Hall–Kier alpha value is -2.80. The fourth-order valence-electron chi connectivity index (χ4n) is 3.32. The van der Waals surface area contributed by atoms with Crippen LogP contribution in [0.15, 0.2) is 48.5 Å². The van der Waals surface area contributed by atoms with E-state index in [9.17, 15) is 9.18 Å². The summed E-state index contributed by atoms with van der Waals surface area (Å²) in [6.45, 7) is 0.733. The van der Waals surface area contributed by atoms with Crippen LogP contribution < -0.4 is 5.32 Å². The van der Waals surface area contributed by atoms with E-state index in [4.69, 9.17) is 4.74 Å². The maximum Gasteiger partial charge on any atom is 0.242 e.